The zero-order valence-corrected chi connectivity index (χ0v) is 6.92. The lowest BCUT2D eigenvalue weighted by molar-refractivity contribution is 0.120. The molecule has 2 nitrogen and oxygen atoms in total. The number of nitrogens with one attached hydrogen (secondary N) is 1. The van der Waals surface area contributed by atoms with Crippen LogP contribution in [-0.2, 0) is 0 Å². The molecule has 1 heterocycles. The molecule has 1 aliphatic heterocycles. The fraction of sp³-hybridized carbons (Fsp3) is 1.00. The maximum Gasteiger partial charge on any atom is 0.0474 e. The minimum absolute atomic E-state index is 0.383. The molecule has 1 aliphatic carbocycles. The van der Waals surface area contributed by atoms with Crippen molar-refractivity contribution in [2.24, 2.45) is 17.8 Å². The minimum atomic E-state index is 0.383. The molecular formula is C9H17NO. The first-order valence-corrected chi connectivity index (χ1v) is 4.73. The lowest BCUT2D eigenvalue weighted by Crippen LogP contribution is -2.42. The number of hydrogen-bond acceptors (Lipinski definition) is 2. The molecule has 2 fully saturated rings. The van der Waals surface area contributed by atoms with E-state index in [1.54, 1.807) is 0 Å². The quantitative estimate of drug-likeness (QED) is 0.581. The number of rotatable bonds is 1. The normalized spacial score (nSPS) is 43.9. The summed E-state index contributed by atoms with van der Waals surface area (Å²) >= 11 is 0. The van der Waals surface area contributed by atoms with Gasteiger partial charge < -0.3 is 10.4 Å². The van der Waals surface area contributed by atoms with Crippen LogP contribution in [0.3, 0.4) is 0 Å². The molecule has 11 heavy (non-hydrogen) atoms. The molecule has 0 aromatic carbocycles. The molecule has 0 aromatic heterocycles. The van der Waals surface area contributed by atoms with E-state index in [1.165, 1.54) is 25.8 Å². The molecule has 3 unspecified atom stereocenters. The average Bonchev–Trinajstić information content (AvgIpc) is 2.50. The molecule has 0 spiro atoms. The first-order valence-electron chi connectivity index (χ1n) is 4.73. The van der Waals surface area contributed by atoms with Crippen LogP contribution in [0.15, 0.2) is 0 Å². The van der Waals surface area contributed by atoms with E-state index >= 15 is 0 Å². The smallest absolute Gasteiger partial charge is 0.0474 e. The van der Waals surface area contributed by atoms with E-state index in [2.05, 4.69) is 5.32 Å². The van der Waals surface area contributed by atoms with E-state index in [9.17, 15) is 0 Å². The van der Waals surface area contributed by atoms with Crippen molar-refractivity contribution >= 4 is 0 Å². The second-order valence-electron chi connectivity index (χ2n) is 3.96. The second kappa shape index (κ2) is 3.11. The van der Waals surface area contributed by atoms with Gasteiger partial charge in [-0.2, -0.15) is 0 Å². The zero-order chi connectivity index (χ0) is 7.68. The summed E-state index contributed by atoms with van der Waals surface area (Å²) in [5.74, 6) is 2.26. The maximum atomic E-state index is 9.10. The van der Waals surface area contributed by atoms with E-state index < -0.39 is 0 Å². The van der Waals surface area contributed by atoms with Crippen molar-refractivity contribution in [3.8, 4) is 0 Å². The maximum absolute atomic E-state index is 9.10. The zero-order valence-electron chi connectivity index (χ0n) is 6.92. The van der Waals surface area contributed by atoms with Gasteiger partial charge in [0.15, 0.2) is 0 Å². The van der Waals surface area contributed by atoms with Gasteiger partial charge in [0.25, 0.3) is 0 Å². The highest BCUT2D eigenvalue weighted by molar-refractivity contribution is 4.88. The van der Waals surface area contributed by atoms with Gasteiger partial charge in [0, 0.05) is 13.2 Å². The van der Waals surface area contributed by atoms with Gasteiger partial charge >= 0.3 is 0 Å². The summed E-state index contributed by atoms with van der Waals surface area (Å²) < 4.78 is 0. The Morgan fingerprint density at radius 1 is 1.27 bits per heavy atom. The first kappa shape index (κ1) is 7.56. The molecule has 1 saturated carbocycles. The fourth-order valence-corrected chi connectivity index (χ4v) is 2.75. The molecule has 2 heteroatoms. The Kier molecular flexibility index (Phi) is 2.14. The topological polar surface area (TPSA) is 32.3 Å². The Bertz CT molecular complexity index is 138. The SMILES string of the molecule is OCC1CNCC2CCCC12. The molecule has 0 aromatic rings. The largest absolute Gasteiger partial charge is 0.396 e. The molecule has 2 aliphatic rings. The van der Waals surface area contributed by atoms with Crippen molar-refractivity contribution < 1.29 is 5.11 Å². The van der Waals surface area contributed by atoms with Crippen molar-refractivity contribution in [3.05, 3.63) is 0 Å². The summed E-state index contributed by atoms with van der Waals surface area (Å²) in [6.45, 7) is 2.62. The Morgan fingerprint density at radius 3 is 3.00 bits per heavy atom. The molecule has 2 N–H and O–H groups in total. The predicted octanol–water partition coefficient (Wildman–Crippen LogP) is 0.614. The second-order valence-corrected chi connectivity index (χ2v) is 3.96. The summed E-state index contributed by atoms with van der Waals surface area (Å²) in [6.07, 6.45) is 4.12. The van der Waals surface area contributed by atoms with Crippen LogP contribution in [-0.4, -0.2) is 24.8 Å². The van der Waals surface area contributed by atoms with E-state index in [1.807, 2.05) is 0 Å². The number of fused-ring (bicyclic) bond motifs is 1. The lowest BCUT2D eigenvalue weighted by Gasteiger charge is -2.33. The molecule has 0 bridgehead atoms. The summed E-state index contributed by atoms with van der Waals surface area (Å²) in [5.41, 5.74) is 0. The summed E-state index contributed by atoms with van der Waals surface area (Å²) in [5, 5.41) is 12.5. The van der Waals surface area contributed by atoms with Crippen LogP contribution < -0.4 is 5.32 Å². The van der Waals surface area contributed by atoms with Crippen LogP contribution in [0.2, 0.25) is 0 Å². The predicted molar refractivity (Wildman–Crippen MR) is 44.3 cm³/mol. The van der Waals surface area contributed by atoms with Crippen LogP contribution in [0, 0.1) is 17.8 Å². The van der Waals surface area contributed by atoms with Gasteiger partial charge in [-0.25, -0.2) is 0 Å². The van der Waals surface area contributed by atoms with Crippen LogP contribution in [0.4, 0.5) is 0 Å². The fourth-order valence-electron chi connectivity index (χ4n) is 2.75. The number of aliphatic hydroxyl groups is 1. The number of piperidine rings is 1. The molecule has 2 rings (SSSR count). The number of aliphatic hydroxyl groups excluding tert-OH is 1. The Balaban J connectivity index is 2.00. The van der Waals surface area contributed by atoms with Gasteiger partial charge in [0.1, 0.15) is 0 Å². The third kappa shape index (κ3) is 1.30. The Hall–Kier alpha value is -0.0800. The van der Waals surface area contributed by atoms with Gasteiger partial charge in [-0.15, -0.1) is 0 Å². The minimum Gasteiger partial charge on any atom is -0.396 e. The monoisotopic (exact) mass is 155 g/mol. The van der Waals surface area contributed by atoms with E-state index in [4.69, 9.17) is 5.11 Å². The third-order valence-electron chi connectivity index (χ3n) is 3.37. The lowest BCUT2D eigenvalue weighted by atomic mass is 9.81. The van der Waals surface area contributed by atoms with Crippen LogP contribution in [0.25, 0.3) is 0 Å². The van der Waals surface area contributed by atoms with Crippen molar-refractivity contribution in [1.82, 2.24) is 5.32 Å². The van der Waals surface area contributed by atoms with Crippen molar-refractivity contribution in [3.63, 3.8) is 0 Å². The summed E-state index contributed by atoms with van der Waals surface area (Å²) in [7, 11) is 0. The van der Waals surface area contributed by atoms with Crippen molar-refractivity contribution in [1.29, 1.82) is 0 Å². The summed E-state index contributed by atoms with van der Waals surface area (Å²) in [6, 6.07) is 0. The molecular weight excluding hydrogens is 138 g/mol. The molecule has 64 valence electrons. The van der Waals surface area contributed by atoms with Crippen LogP contribution >= 0.6 is 0 Å². The first-order chi connectivity index (χ1) is 5.42. The van der Waals surface area contributed by atoms with Gasteiger partial charge in [0.2, 0.25) is 0 Å². The Labute approximate surface area is 68.0 Å². The van der Waals surface area contributed by atoms with Crippen LogP contribution in [0.5, 0.6) is 0 Å². The summed E-state index contributed by atoms with van der Waals surface area (Å²) in [4.78, 5) is 0. The highest BCUT2D eigenvalue weighted by Gasteiger charge is 2.35. The van der Waals surface area contributed by atoms with Gasteiger partial charge in [-0.05, 0) is 37.1 Å². The molecule has 0 amide bonds. The average molecular weight is 155 g/mol. The van der Waals surface area contributed by atoms with E-state index in [0.29, 0.717) is 12.5 Å². The van der Waals surface area contributed by atoms with Gasteiger partial charge in [-0.1, -0.05) is 6.42 Å². The standard InChI is InChI=1S/C9H17NO/c11-6-8-5-10-4-7-2-1-3-9(7)8/h7-11H,1-6H2. The highest BCUT2D eigenvalue weighted by Crippen LogP contribution is 2.38. The van der Waals surface area contributed by atoms with E-state index in [-0.39, 0.29) is 0 Å². The van der Waals surface area contributed by atoms with Gasteiger partial charge in [0.05, 0.1) is 0 Å². The van der Waals surface area contributed by atoms with Crippen LogP contribution in [0.1, 0.15) is 19.3 Å². The molecule has 1 saturated heterocycles. The Morgan fingerprint density at radius 2 is 2.18 bits per heavy atom. The van der Waals surface area contributed by atoms with Crippen molar-refractivity contribution in [2.45, 2.75) is 19.3 Å². The van der Waals surface area contributed by atoms with E-state index in [0.717, 1.165) is 18.4 Å². The van der Waals surface area contributed by atoms with Crippen molar-refractivity contribution in [2.75, 3.05) is 19.7 Å². The third-order valence-corrected chi connectivity index (χ3v) is 3.37. The molecule has 0 radical (unpaired) electrons. The van der Waals surface area contributed by atoms with Gasteiger partial charge in [-0.3, -0.25) is 0 Å². The molecule has 3 atom stereocenters. The number of hydrogen-bond donors (Lipinski definition) is 2. The highest BCUT2D eigenvalue weighted by atomic mass is 16.3.